The van der Waals surface area contributed by atoms with Gasteiger partial charge in [0.2, 0.25) is 0 Å². The van der Waals surface area contributed by atoms with Crippen molar-refractivity contribution in [1.82, 2.24) is 0 Å². The third-order valence-electron chi connectivity index (χ3n) is 3.62. The molecule has 0 aromatic heterocycles. The summed E-state index contributed by atoms with van der Waals surface area (Å²) in [7, 11) is 0. The molecule has 0 bridgehead atoms. The first-order chi connectivity index (χ1) is 6.79. The summed E-state index contributed by atoms with van der Waals surface area (Å²) in [5.41, 5.74) is 0. The minimum absolute atomic E-state index is 0.374. The van der Waals surface area contributed by atoms with Crippen LogP contribution in [0.4, 0.5) is 4.39 Å². The lowest BCUT2D eigenvalue weighted by Crippen LogP contribution is -2.23. The Morgan fingerprint density at radius 3 is 1.71 bits per heavy atom. The van der Waals surface area contributed by atoms with Crippen molar-refractivity contribution in [3.63, 3.8) is 0 Å². The molecule has 0 aromatic carbocycles. The molecule has 0 amide bonds. The highest BCUT2D eigenvalue weighted by Crippen LogP contribution is 2.35. The van der Waals surface area contributed by atoms with E-state index in [4.69, 9.17) is 0 Å². The molecule has 84 valence electrons. The number of halogens is 1. The molecule has 0 radical (unpaired) electrons. The Kier molecular flexibility index (Phi) is 5.50. The van der Waals surface area contributed by atoms with Crippen molar-refractivity contribution < 1.29 is 4.39 Å². The molecule has 1 rings (SSSR count). The minimum Gasteiger partial charge on any atom is -0.247 e. The van der Waals surface area contributed by atoms with Crippen molar-refractivity contribution in [2.24, 2.45) is 11.8 Å². The van der Waals surface area contributed by atoms with Crippen molar-refractivity contribution in [1.29, 1.82) is 0 Å². The average molecular weight is 200 g/mol. The Labute approximate surface area is 88.3 Å². The van der Waals surface area contributed by atoms with Gasteiger partial charge in [0, 0.05) is 0 Å². The van der Waals surface area contributed by atoms with Gasteiger partial charge in [-0.05, 0) is 37.5 Å². The molecule has 0 nitrogen and oxygen atoms in total. The molecule has 0 aromatic rings. The Morgan fingerprint density at radius 1 is 0.929 bits per heavy atom. The van der Waals surface area contributed by atoms with Gasteiger partial charge < -0.3 is 0 Å². The molecular formula is C13H25F. The van der Waals surface area contributed by atoms with Gasteiger partial charge >= 0.3 is 0 Å². The van der Waals surface area contributed by atoms with Crippen LogP contribution in [-0.4, -0.2) is 6.17 Å². The van der Waals surface area contributed by atoms with Crippen LogP contribution in [0.2, 0.25) is 0 Å². The van der Waals surface area contributed by atoms with Crippen molar-refractivity contribution in [2.45, 2.75) is 71.4 Å². The van der Waals surface area contributed by atoms with Gasteiger partial charge in [0.15, 0.2) is 0 Å². The Bertz CT molecular complexity index is 128. The molecule has 0 saturated heterocycles. The zero-order valence-electron chi connectivity index (χ0n) is 9.77. The van der Waals surface area contributed by atoms with Crippen LogP contribution in [0.15, 0.2) is 0 Å². The molecule has 0 heterocycles. The van der Waals surface area contributed by atoms with Gasteiger partial charge in [-0.3, -0.25) is 0 Å². The summed E-state index contributed by atoms with van der Waals surface area (Å²) in [6.45, 7) is 4.35. The van der Waals surface area contributed by atoms with Crippen LogP contribution >= 0.6 is 0 Å². The molecule has 0 spiro atoms. The summed E-state index contributed by atoms with van der Waals surface area (Å²) in [5.74, 6) is 0.748. The van der Waals surface area contributed by atoms with E-state index >= 15 is 0 Å². The lowest BCUT2D eigenvalue weighted by atomic mass is 9.85. The smallest absolute Gasteiger partial charge is 0.106 e. The maximum Gasteiger partial charge on any atom is 0.106 e. The Hall–Kier alpha value is -0.0700. The second-order valence-electron chi connectivity index (χ2n) is 4.83. The summed E-state index contributed by atoms with van der Waals surface area (Å²) in [6, 6.07) is 0. The Morgan fingerprint density at radius 2 is 1.36 bits per heavy atom. The van der Waals surface area contributed by atoms with E-state index in [0.717, 1.165) is 38.5 Å². The van der Waals surface area contributed by atoms with Crippen LogP contribution in [0.5, 0.6) is 0 Å². The van der Waals surface area contributed by atoms with Crippen molar-refractivity contribution in [3.8, 4) is 0 Å². The van der Waals surface area contributed by atoms with E-state index in [2.05, 4.69) is 13.8 Å². The third kappa shape index (κ3) is 3.25. The maximum atomic E-state index is 14.1. The summed E-state index contributed by atoms with van der Waals surface area (Å²) >= 11 is 0. The topological polar surface area (TPSA) is 0 Å². The van der Waals surface area contributed by atoms with E-state index in [1.165, 1.54) is 12.8 Å². The maximum absolute atomic E-state index is 14.1. The van der Waals surface area contributed by atoms with Gasteiger partial charge in [0.1, 0.15) is 6.17 Å². The fraction of sp³-hybridized carbons (Fsp3) is 1.00. The zero-order valence-corrected chi connectivity index (χ0v) is 9.77. The van der Waals surface area contributed by atoms with Crippen LogP contribution in [0.3, 0.4) is 0 Å². The number of hydrogen-bond acceptors (Lipinski definition) is 0. The van der Waals surface area contributed by atoms with Gasteiger partial charge in [-0.2, -0.15) is 0 Å². The molecule has 1 saturated carbocycles. The van der Waals surface area contributed by atoms with E-state index < -0.39 is 6.17 Å². The first kappa shape index (κ1) is 12.0. The van der Waals surface area contributed by atoms with Gasteiger partial charge in [0.05, 0.1) is 0 Å². The van der Waals surface area contributed by atoms with Crippen molar-refractivity contribution in [2.75, 3.05) is 0 Å². The molecule has 1 heteroatoms. The van der Waals surface area contributed by atoms with E-state index in [1.54, 1.807) is 0 Å². The number of alkyl halides is 1. The van der Waals surface area contributed by atoms with E-state index in [9.17, 15) is 4.39 Å². The van der Waals surface area contributed by atoms with Crippen LogP contribution in [0, 0.1) is 11.8 Å². The molecule has 1 aliphatic carbocycles. The number of rotatable bonds is 4. The normalized spacial score (nSPS) is 34.1. The highest BCUT2D eigenvalue weighted by Gasteiger charge is 2.30. The van der Waals surface area contributed by atoms with Gasteiger partial charge in [0.25, 0.3) is 0 Å². The SMILES string of the molecule is CCCC1CCCCC(CCC)C1F. The first-order valence-electron chi connectivity index (χ1n) is 6.43. The third-order valence-corrected chi connectivity index (χ3v) is 3.62. The molecule has 14 heavy (non-hydrogen) atoms. The fourth-order valence-electron chi connectivity index (χ4n) is 2.87. The largest absolute Gasteiger partial charge is 0.247 e. The Balaban J connectivity index is 2.49. The standard InChI is InChI=1S/C13H25F/c1-3-7-11-9-5-6-10-12(8-4-2)13(11)14/h11-13H,3-10H2,1-2H3. The second-order valence-corrected chi connectivity index (χ2v) is 4.83. The highest BCUT2D eigenvalue weighted by molar-refractivity contribution is 4.80. The molecule has 1 fully saturated rings. The highest BCUT2D eigenvalue weighted by atomic mass is 19.1. The summed E-state index contributed by atoms with van der Waals surface area (Å²) < 4.78 is 14.1. The van der Waals surface area contributed by atoms with Gasteiger partial charge in [-0.25, -0.2) is 4.39 Å². The molecule has 2 unspecified atom stereocenters. The molecule has 0 aliphatic heterocycles. The summed E-state index contributed by atoms with van der Waals surface area (Å²) in [5, 5.41) is 0. The van der Waals surface area contributed by atoms with Gasteiger partial charge in [-0.1, -0.05) is 39.5 Å². The minimum atomic E-state index is -0.502. The quantitative estimate of drug-likeness (QED) is 0.575. The molecule has 1 aliphatic rings. The monoisotopic (exact) mass is 200 g/mol. The van der Waals surface area contributed by atoms with Gasteiger partial charge in [-0.15, -0.1) is 0 Å². The summed E-state index contributed by atoms with van der Waals surface area (Å²) in [4.78, 5) is 0. The molecule has 0 N–H and O–H groups in total. The van der Waals surface area contributed by atoms with E-state index in [-0.39, 0.29) is 0 Å². The molecular weight excluding hydrogens is 175 g/mol. The first-order valence-corrected chi connectivity index (χ1v) is 6.43. The number of hydrogen-bond donors (Lipinski definition) is 0. The van der Waals surface area contributed by atoms with Crippen LogP contribution in [0.1, 0.15) is 65.2 Å². The van der Waals surface area contributed by atoms with E-state index in [1.807, 2.05) is 0 Å². The second kappa shape index (κ2) is 6.42. The summed E-state index contributed by atoms with van der Waals surface area (Å²) in [6.07, 6.45) is 8.76. The molecule has 2 atom stereocenters. The predicted molar refractivity (Wildman–Crippen MR) is 60.2 cm³/mol. The lowest BCUT2D eigenvalue weighted by Gasteiger charge is -2.24. The van der Waals surface area contributed by atoms with E-state index in [0.29, 0.717) is 11.8 Å². The zero-order chi connectivity index (χ0) is 10.4. The van der Waals surface area contributed by atoms with Crippen LogP contribution in [-0.2, 0) is 0 Å². The average Bonchev–Trinajstić information content (AvgIpc) is 2.34. The predicted octanol–water partition coefficient (Wildman–Crippen LogP) is 4.73. The fourth-order valence-corrected chi connectivity index (χ4v) is 2.87. The lowest BCUT2D eigenvalue weighted by molar-refractivity contribution is 0.136. The van der Waals surface area contributed by atoms with Crippen molar-refractivity contribution in [3.05, 3.63) is 0 Å². The van der Waals surface area contributed by atoms with Crippen molar-refractivity contribution >= 4 is 0 Å². The van der Waals surface area contributed by atoms with Crippen LogP contribution in [0.25, 0.3) is 0 Å². The van der Waals surface area contributed by atoms with Crippen LogP contribution < -0.4 is 0 Å².